The number of hydrogen-bond donors (Lipinski definition) is 1. The number of benzene rings is 2. The van der Waals surface area contributed by atoms with Crippen LogP contribution in [0.3, 0.4) is 0 Å². The van der Waals surface area contributed by atoms with E-state index in [1.165, 1.54) is 0 Å². The van der Waals surface area contributed by atoms with Crippen molar-refractivity contribution in [2.45, 2.75) is 12.5 Å². The molecule has 0 bridgehead atoms. The summed E-state index contributed by atoms with van der Waals surface area (Å²) >= 11 is 0. The van der Waals surface area contributed by atoms with Gasteiger partial charge in [0.1, 0.15) is 0 Å². The maximum absolute atomic E-state index is 13.0. The minimum atomic E-state index is -0.113. The zero-order chi connectivity index (χ0) is 19.2. The van der Waals surface area contributed by atoms with Gasteiger partial charge in [-0.2, -0.15) is 0 Å². The molecule has 2 aliphatic heterocycles. The number of amides is 1. The zero-order valence-corrected chi connectivity index (χ0v) is 15.9. The molecule has 0 saturated carbocycles. The van der Waals surface area contributed by atoms with E-state index in [0.29, 0.717) is 30.3 Å². The Balaban J connectivity index is 1.50. The monoisotopic (exact) mass is 382 g/mol. The van der Waals surface area contributed by atoms with Crippen LogP contribution in [-0.4, -0.2) is 56.9 Å². The van der Waals surface area contributed by atoms with Crippen molar-refractivity contribution in [1.82, 2.24) is 10.2 Å². The van der Waals surface area contributed by atoms with Crippen LogP contribution in [0.2, 0.25) is 0 Å². The summed E-state index contributed by atoms with van der Waals surface area (Å²) in [5.41, 5.74) is 1.67. The van der Waals surface area contributed by atoms with Gasteiger partial charge in [0.05, 0.1) is 32.5 Å². The first kappa shape index (κ1) is 18.8. The minimum Gasteiger partial charge on any atom is -0.490 e. The highest BCUT2D eigenvalue weighted by molar-refractivity contribution is 5.95. The fourth-order valence-electron chi connectivity index (χ4n) is 3.51. The molecule has 0 spiro atoms. The average Bonchev–Trinajstić information content (AvgIpc) is 2.99. The summed E-state index contributed by atoms with van der Waals surface area (Å²) in [7, 11) is 0. The molecule has 1 atom stereocenters. The highest BCUT2D eigenvalue weighted by Crippen LogP contribution is 2.30. The standard InChI is InChI=1S/C22H26N2O4/c25-22(18-7-8-20-21(15-18)28-12-4-11-27-20)23-19(17-5-2-1-3-6-17)16-24-9-13-26-14-10-24/h1-3,5-8,15,19H,4,9-14,16H2,(H,23,25). The van der Waals surface area contributed by atoms with E-state index in [1.807, 2.05) is 24.3 Å². The Kier molecular flexibility index (Phi) is 6.09. The summed E-state index contributed by atoms with van der Waals surface area (Å²) in [6, 6.07) is 15.4. The Labute approximate surface area is 165 Å². The van der Waals surface area contributed by atoms with Gasteiger partial charge >= 0.3 is 0 Å². The van der Waals surface area contributed by atoms with Gasteiger partial charge in [0, 0.05) is 31.6 Å². The fraction of sp³-hybridized carbons (Fsp3) is 0.409. The molecule has 0 radical (unpaired) electrons. The molecule has 4 rings (SSSR count). The van der Waals surface area contributed by atoms with Crippen molar-refractivity contribution in [3.8, 4) is 11.5 Å². The normalized spacial score (nSPS) is 18.1. The van der Waals surface area contributed by atoms with Gasteiger partial charge in [0.2, 0.25) is 0 Å². The second kappa shape index (κ2) is 9.08. The molecule has 28 heavy (non-hydrogen) atoms. The molecule has 2 aromatic carbocycles. The Morgan fingerprint density at radius 3 is 2.50 bits per heavy atom. The molecule has 1 N–H and O–H groups in total. The van der Waals surface area contributed by atoms with Gasteiger partial charge < -0.3 is 19.5 Å². The van der Waals surface area contributed by atoms with Gasteiger partial charge in [-0.15, -0.1) is 0 Å². The van der Waals surface area contributed by atoms with E-state index in [2.05, 4.69) is 22.3 Å². The number of morpholine rings is 1. The molecule has 2 aromatic rings. The Hall–Kier alpha value is -2.57. The summed E-state index contributed by atoms with van der Waals surface area (Å²) in [6.45, 7) is 5.21. The lowest BCUT2D eigenvalue weighted by atomic mass is 10.0. The van der Waals surface area contributed by atoms with Crippen molar-refractivity contribution < 1.29 is 19.0 Å². The highest BCUT2D eigenvalue weighted by Gasteiger charge is 2.22. The fourth-order valence-corrected chi connectivity index (χ4v) is 3.51. The summed E-state index contributed by atoms with van der Waals surface area (Å²) in [6.07, 6.45) is 0.839. The number of ether oxygens (including phenoxy) is 3. The number of carbonyl (C=O) groups excluding carboxylic acids is 1. The second-order valence-electron chi connectivity index (χ2n) is 7.06. The van der Waals surface area contributed by atoms with Gasteiger partial charge in [-0.3, -0.25) is 9.69 Å². The average molecular weight is 382 g/mol. The summed E-state index contributed by atoms with van der Waals surface area (Å²) in [5, 5.41) is 3.20. The molecule has 1 unspecified atom stereocenters. The molecular formula is C22H26N2O4. The van der Waals surface area contributed by atoms with Crippen molar-refractivity contribution in [3.63, 3.8) is 0 Å². The largest absolute Gasteiger partial charge is 0.490 e. The van der Waals surface area contributed by atoms with Crippen LogP contribution in [0, 0.1) is 0 Å². The van der Waals surface area contributed by atoms with Gasteiger partial charge in [-0.25, -0.2) is 0 Å². The molecular weight excluding hydrogens is 356 g/mol. The lowest BCUT2D eigenvalue weighted by Crippen LogP contribution is -2.43. The van der Waals surface area contributed by atoms with Crippen molar-refractivity contribution in [3.05, 3.63) is 59.7 Å². The van der Waals surface area contributed by atoms with Crippen LogP contribution >= 0.6 is 0 Å². The molecule has 6 nitrogen and oxygen atoms in total. The highest BCUT2D eigenvalue weighted by atomic mass is 16.5. The van der Waals surface area contributed by atoms with E-state index in [0.717, 1.165) is 44.8 Å². The lowest BCUT2D eigenvalue weighted by Gasteiger charge is -2.31. The first-order chi connectivity index (χ1) is 13.8. The van der Waals surface area contributed by atoms with Crippen LogP contribution in [0.1, 0.15) is 28.4 Å². The van der Waals surface area contributed by atoms with E-state index in [1.54, 1.807) is 12.1 Å². The van der Waals surface area contributed by atoms with Gasteiger partial charge in [-0.1, -0.05) is 30.3 Å². The van der Waals surface area contributed by atoms with Crippen LogP contribution in [0.15, 0.2) is 48.5 Å². The van der Waals surface area contributed by atoms with Crippen molar-refractivity contribution >= 4 is 5.91 Å². The molecule has 0 aliphatic carbocycles. The van der Waals surface area contributed by atoms with Crippen molar-refractivity contribution in [1.29, 1.82) is 0 Å². The van der Waals surface area contributed by atoms with E-state index >= 15 is 0 Å². The number of carbonyl (C=O) groups is 1. The molecule has 148 valence electrons. The first-order valence-electron chi connectivity index (χ1n) is 9.85. The van der Waals surface area contributed by atoms with E-state index in [-0.39, 0.29) is 11.9 Å². The van der Waals surface area contributed by atoms with Gasteiger partial charge in [-0.05, 0) is 23.8 Å². The molecule has 6 heteroatoms. The smallest absolute Gasteiger partial charge is 0.251 e. The third-order valence-corrected chi connectivity index (χ3v) is 5.06. The van der Waals surface area contributed by atoms with Crippen LogP contribution in [0.4, 0.5) is 0 Å². The number of fused-ring (bicyclic) bond motifs is 1. The van der Waals surface area contributed by atoms with Crippen LogP contribution in [-0.2, 0) is 4.74 Å². The quantitative estimate of drug-likeness (QED) is 0.862. The topological polar surface area (TPSA) is 60.0 Å². The number of hydrogen-bond acceptors (Lipinski definition) is 5. The van der Waals surface area contributed by atoms with Crippen LogP contribution < -0.4 is 14.8 Å². The maximum Gasteiger partial charge on any atom is 0.251 e. The van der Waals surface area contributed by atoms with E-state index in [9.17, 15) is 4.79 Å². The Morgan fingerprint density at radius 1 is 0.964 bits per heavy atom. The van der Waals surface area contributed by atoms with Gasteiger partial charge in [0.15, 0.2) is 11.5 Å². The first-order valence-corrected chi connectivity index (χ1v) is 9.85. The number of nitrogens with zero attached hydrogens (tertiary/aromatic N) is 1. The number of nitrogens with one attached hydrogen (secondary N) is 1. The molecule has 0 aromatic heterocycles. The summed E-state index contributed by atoms with van der Waals surface area (Å²) < 4.78 is 16.8. The zero-order valence-electron chi connectivity index (χ0n) is 15.9. The van der Waals surface area contributed by atoms with Gasteiger partial charge in [0.25, 0.3) is 5.91 Å². The molecule has 1 fully saturated rings. The predicted molar refractivity (Wildman–Crippen MR) is 106 cm³/mol. The van der Waals surface area contributed by atoms with Crippen LogP contribution in [0.5, 0.6) is 11.5 Å². The maximum atomic E-state index is 13.0. The second-order valence-corrected chi connectivity index (χ2v) is 7.06. The molecule has 1 saturated heterocycles. The van der Waals surface area contributed by atoms with E-state index < -0.39 is 0 Å². The van der Waals surface area contributed by atoms with Crippen LogP contribution in [0.25, 0.3) is 0 Å². The molecule has 2 aliphatic rings. The SMILES string of the molecule is O=C(NC(CN1CCOCC1)c1ccccc1)c1ccc2c(c1)OCCCO2. The number of rotatable bonds is 5. The van der Waals surface area contributed by atoms with E-state index in [4.69, 9.17) is 14.2 Å². The third kappa shape index (κ3) is 4.64. The minimum absolute atomic E-state index is 0.0946. The Bertz CT molecular complexity index is 790. The van der Waals surface area contributed by atoms with Crippen molar-refractivity contribution in [2.75, 3.05) is 46.1 Å². The lowest BCUT2D eigenvalue weighted by molar-refractivity contribution is 0.0332. The molecule has 2 heterocycles. The van der Waals surface area contributed by atoms with Crippen molar-refractivity contribution in [2.24, 2.45) is 0 Å². The summed E-state index contributed by atoms with van der Waals surface area (Å²) in [5.74, 6) is 1.22. The predicted octanol–water partition coefficient (Wildman–Crippen LogP) is 2.65. The summed E-state index contributed by atoms with van der Waals surface area (Å²) in [4.78, 5) is 15.3. The Morgan fingerprint density at radius 2 is 1.71 bits per heavy atom. The third-order valence-electron chi connectivity index (χ3n) is 5.06. The molecule has 1 amide bonds.